The van der Waals surface area contributed by atoms with E-state index in [9.17, 15) is 22.8 Å². The fourth-order valence-electron chi connectivity index (χ4n) is 4.94. The highest BCUT2D eigenvalue weighted by atomic mass is 32.2. The van der Waals surface area contributed by atoms with Crippen molar-refractivity contribution in [1.82, 2.24) is 20.1 Å². The number of hydrogen-bond donors (Lipinski definition) is 1. The Morgan fingerprint density at radius 1 is 1.04 bits per heavy atom. The third kappa shape index (κ3) is 7.80. The van der Waals surface area contributed by atoms with Crippen LogP contribution in [0, 0.1) is 6.92 Å². The lowest BCUT2D eigenvalue weighted by Gasteiger charge is -2.22. The van der Waals surface area contributed by atoms with Gasteiger partial charge in [-0.3, -0.25) is 9.69 Å². The average Bonchev–Trinajstić information content (AvgIpc) is 3.64. The number of thioether (sulfide) groups is 1. The molecule has 1 saturated heterocycles. The molecule has 0 saturated carbocycles. The van der Waals surface area contributed by atoms with E-state index in [0.717, 1.165) is 59.3 Å². The number of amides is 3. The van der Waals surface area contributed by atoms with Crippen LogP contribution in [0.25, 0.3) is 17.1 Å². The van der Waals surface area contributed by atoms with E-state index in [2.05, 4.69) is 34.2 Å². The highest BCUT2D eigenvalue weighted by Gasteiger charge is 2.32. The van der Waals surface area contributed by atoms with E-state index in [-0.39, 0.29) is 17.6 Å². The van der Waals surface area contributed by atoms with E-state index in [1.807, 2.05) is 49.4 Å². The van der Waals surface area contributed by atoms with Gasteiger partial charge >= 0.3 is 12.2 Å². The van der Waals surface area contributed by atoms with Crippen LogP contribution in [0.15, 0.2) is 78.0 Å². The Labute approximate surface area is 263 Å². The first-order valence-electron chi connectivity index (χ1n) is 14.6. The quantitative estimate of drug-likeness (QED) is 0.192. The fraction of sp³-hybridized carbons (Fsp3) is 0.303. The van der Waals surface area contributed by atoms with Crippen LogP contribution in [0.5, 0.6) is 0 Å². The molecule has 0 unspecified atom stereocenters. The Morgan fingerprint density at radius 3 is 2.47 bits per heavy atom. The van der Waals surface area contributed by atoms with Gasteiger partial charge in [0.1, 0.15) is 6.33 Å². The van der Waals surface area contributed by atoms with Crippen LogP contribution >= 0.6 is 11.8 Å². The number of nitrogens with zero attached hydrogens (tertiary/aromatic N) is 5. The molecule has 0 spiro atoms. The number of carbonyl (C=O) groups is 2. The second-order valence-electron chi connectivity index (χ2n) is 11.1. The number of carbonyl (C=O) groups excluding carboxylic acids is 2. The molecule has 8 nitrogen and oxygen atoms in total. The van der Waals surface area contributed by atoms with Gasteiger partial charge in [0.25, 0.3) is 0 Å². The molecule has 1 fully saturated rings. The molecule has 1 aliphatic heterocycles. The van der Waals surface area contributed by atoms with Crippen molar-refractivity contribution < 1.29 is 22.8 Å². The van der Waals surface area contributed by atoms with E-state index < -0.39 is 17.8 Å². The number of urea groups is 1. The molecule has 2 heterocycles. The zero-order chi connectivity index (χ0) is 32.1. The second kappa shape index (κ2) is 13.7. The van der Waals surface area contributed by atoms with Gasteiger partial charge in [0.15, 0.2) is 11.0 Å². The molecule has 0 bridgehead atoms. The fourth-order valence-corrected chi connectivity index (χ4v) is 5.79. The highest BCUT2D eigenvalue weighted by Crippen LogP contribution is 2.34. The van der Waals surface area contributed by atoms with Crippen LogP contribution in [0.4, 0.5) is 23.7 Å². The summed E-state index contributed by atoms with van der Waals surface area (Å²) < 4.78 is 40.0. The predicted molar refractivity (Wildman–Crippen MR) is 171 cm³/mol. The van der Waals surface area contributed by atoms with Gasteiger partial charge in [-0.1, -0.05) is 62.0 Å². The molecule has 3 amide bonds. The van der Waals surface area contributed by atoms with Crippen LogP contribution in [0.1, 0.15) is 54.9 Å². The smallest absolute Gasteiger partial charge is 0.336 e. The molecule has 4 aromatic rings. The zero-order valence-corrected chi connectivity index (χ0v) is 26.0. The van der Waals surface area contributed by atoms with Crippen molar-refractivity contribution in [2.45, 2.75) is 52.1 Å². The van der Waals surface area contributed by atoms with Crippen molar-refractivity contribution >= 4 is 34.6 Å². The van der Waals surface area contributed by atoms with Crippen LogP contribution in [-0.2, 0) is 17.4 Å². The molecule has 0 atom stereocenters. The molecule has 45 heavy (non-hydrogen) atoms. The Hall–Kier alpha value is -4.45. The lowest BCUT2D eigenvalue weighted by atomic mass is 9.99. The summed E-state index contributed by atoms with van der Waals surface area (Å²) in [6.45, 7) is 6.57. The summed E-state index contributed by atoms with van der Waals surface area (Å²) in [6, 6.07) is 18.1. The van der Waals surface area contributed by atoms with Gasteiger partial charge in [0.05, 0.1) is 22.7 Å². The minimum Gasteiger partial charge on any atom is -0.336 e. The third-order valence-corrected chi connectivity index (χ3v) is 8.27. The molecule has 234 valence electrons. The topological polar surface area (TPSA) is 92.5 Å². The summed E-state index contributed by atoms with van der Waals surface area (Å²) in [4.78, 5) is 35.4. The number of aryl methyl sites for hydroxylation is 2. The predicted octanol–water partition coefficient (Wildman–Crippen LogP) is 7.55. The van der Waals surface area contributed by atoms with Gasteiger partial charge in [-0.05, 0) is 79.1 Å². The van der Waals surface area contributed by atoms with Gasteiger partial charge in [0, 0.05) is 12.1 Å². The minimum atomic E-state index is -4.39. The molecule has 1 aliphatic rings. The second-order valence-corrected chi connectivity index (χ2v) is 12.0. The van der Waals surface area contributed by atoms with Crippen LogP contribution in [0.3, 0.4) is 0 Å². The van der Waals surface area contributed by atoms with Gasteiger partial charge in [-0.15, -0.1) is 5.10 Å². The maximum atomic E-state index is 12.8. The Bertz CT molecular complexity index is 1700. The average molecular weight is 635 g/mol. The molecular weight excluding hydrogens is 601 g/mol. The first-order chi connectivity index (χ1) is 21.5. The normalized spacial score (nSPS) is 14.5. The van der Waals surface area contributed by atoms with Crippen molar-refractivity contribution in [2.24, 2.45) is 4.99 Å². The molecule has 1 aromatic heterocycles. The number of aromatic nitrogens is 3. The number of rotatable bonds is 9. The van der Waals surface area contributed by atoms with E-state index >= 15 is 0 Å². The molecular formula is C33H33F3N6O2S. The van der Waals surface area contributed by atoms with E-state index in [1.54, 1.807) is 4.90 Å². The highest BCUT2D eigenvalue weighted by molar-refractivity contribution is 8.15. The molecule has 0 aliphatic carbocycles. The number of halogens is 3. The lowest BCUT2D eigenvalue weighted by Crippen LogP contribution is -2.32. The Kier molecular flexibility index (Phi) is 9.71. The number of benzene rings is 3. The minimum absolute atomic E-state index is 0.0895. The Morgan fingerprint density at radius 2 is 1.78 bits per heavy atom. The van der Waals surface area contributed by atoms with E-state index in [1.165, 1.54) is 34.9 Å². The number of alkyl halides is 3. The van der Waals surface area contributed by atoms with Gasteiger partial charge < -0.3 is 5.32 Å². The van der Waals surface area contributed by atoms with Gasteiger partial charge in [-0.25, -0.2) is 14.5 Å². The van der Waals surface area contributed by atoms with E-state index in [0.29, 0.717) is 23.2 Å². The Balaban J connectivity index is 1.10. The van der Waals surface area contributed by atoms with Crippen molar-refractivity contribution in [3.8, 4) is 17.1 Å². The van der Waals surface area contributed by atoms with Crippen molar-refractivity contribution in [3.63, 3.8) is 0 Å². The number of hydrogen-bond acceptors (Lipinski definition) is 5. The maximum absolute atomic E-state index is 12.8. The number of anilines is 1. The monoisotopic (exact) mass is 634 g/mol. The van der Waals surface area contributed by atoms with Crippen LogP contribution < -0.4 is 10.2 Å². The zero-order valence-electron chi connectivity index (χ0n) is 25.1. The van der Waals surface area contributed by atoms with Crippen LogP contribution in [0.2, 0.25) is 0 Å². The standard InChI is InChI=1S/C33H33F3N6O2S/c1-21(2)27-16-7-22(3)18-28(27)42-29(43)19-45-32(42)39-31(44)37-17-5-4-6-23-8-10-24(11-9-23)30-38-20-41(40-30)26-14-12-25(13-15-26)33(34,35)36/h7-16,18,20-21H,4-6,17,19H2,1-3H3,(H,37,44). The van der Waals surface area contributed by atoms with Crippen molar-refractivity contribution in [1.29, 1.82) is 0 Å². The summed E-state index contributed by atoms with van der Waals surface area (Å²) in [5.41, 5.74) is 4.51. The number of aliphatic imine (C=N–C) groups is 1. The summed E-state index contributed by atoms with van der Waals surface area (Å²) in [7, 11) is 0. The van der Waals surface area contributed by atoms with Crippen LogP contribution in [-0.4, -0.2) is 44.2 Å². The number of nitrogens with one attached hydrogen (secondary N) is 1. The number of amidine groups is 1. The maximum Gasteiger partial charge on any atom is 0.416 e. The first kappa shape index (κ1) is 32.0. The molecule has 1 N–H and O–H groups in total. The molecule has 12 heteroatoms. The summed E-state index contributed by atoms with van der Waals surface area (Å²) in [5.74, 6) is 0.831. The van der Waals surface area contributed by atoms with Gasteiger partial charge in [-0.2, -0.15) is 18.2 Å². The third-order valence-electron chi connectivity index (χ3n) is 7.34. The van der Waals surface area contributed by atoms with E-state index in [4.69, 9.17) is 0 Å². The van der Waals surface area contributed by atoms with Crippen molar-refractivity contribution in [3.05, 3.63) is 95.3 Å². The summed E-state index contributed by atoms with van der Waals surface area (Å²) in [6.07, 6.45) is -0.519. The largest absolute Gasteiger partial charge is 0.416 e. The molecule has 5 rings (SSSR count). The summed E-state index contributed by atoms with van der Waals surface area (Å²) >= 11 is 1.27. The summed E-state index contributed by atoms with van der Waals surface area (Å²) in [5, 5.41) is 7.63. The lowest BCUT2D eigenvalue weighted by molar-refractivity contribution is -0.137. The van der Waals surface area contributed by atoms with Gasteiger partial charge in [0.2, 0.25) is 5.91 Å². The number of unbranched alkanes of at least 4 members (excludes halogenated alkanes) is 1. The SMILES string of the molecule is Cc1ccc(C(C)C)c(N2C(=O)CSC2=NC(=O)NCCCCc2ccc(-c3ncn(-c4ccc(C(F)(F)F)cc4)n3)cc2)c1. The van der Waals surface area contributed by atoms with Crippen molar-refractivity contribution in [2.75, 3.05) is 17.2 Å². The molecule has 0 radical (unpaired) electrons. The first-order valence-corrected chi connectivity index (χ1v) is 15.6. The molecule has 3 aromatic carbocycles.